The lowest BCUT2D eigenvalue weighted by atomic mass is 9.99. The lowest BCUT2D eigenvalue weighted by molar-refractivity contribution is 0.433. The van der Waals surface area contributed by atoms with Gasteiger partial charge in [-0.1, -0.05) is 103 Å². The zero-order valence-corrected chi connectivity index (χ0v) is 35.0. The molecule has 0 unspecified atom stereocenters. The van der Waals surface area contributed by atoms with Gasteiger partial charge < -0.3 is 31.9 Å². The van der Waals surface area contributed by atoms with E-state index in [2.05, 4.69) is 61.8 Å². The second-order valence-corrected chi connectivity index (χ2v) is 17.5. The van der Waals surface area contributed by atoms with Crippen molar-refractivity contribution >= 4 is 90.4 Å². The van der Waals surface area contributed by atoms with Crippen LogP contribution >= 0.6 is 0 Å². The normalized spacial score (nSPS) is 13.6. The van der Waals surface area contributed by atoms with E-state index in [1.54, 1.807) is 48.5 Å². The van der Waals surface area contributed by atoms with Crippen LogP contribution in [0.3, 0.4) is 0 Å². The Hall–Kier alpha value is -8.04. The molecule has 5 aromatic carbocycles. The molecule has 0 aliphatic heterocycles. The molecule has 1 aliphatic carbocycles. The molecule has 0 amide bonds. The van der Waals surface area contributed by atoms with Crippen LogP contribution in [0.15, 0.2) is 175 Å². The molecular weight excluding hydrogens is 857 g/mol. The minimum Gasteiger partial charge on any atom is -0.328 e. The summed E-state index contributed by atoms with van der Waals surface area (Å²) in [5, 5.41) is 18.5. The first-order valence-corrected chi connectivity index (χ1v) is 22.2. The van der Waals surface area contributed by atoms with Crippen molar-refractivity contribution in [2.24, 2.45) is 0 Å². The van der Waals surface area contributed by atoms with Gasteiger partial charge in [-0.3, -0.25) is 9.11 Å². The van der Waals surface area contributed by atoms with E-state index in [-0.39, 0.29) is 41.4 Å². The summed E-state index contributed by atoms with van der Waals surface area (Å²) in [4.78, 5) is 26.8. The van der Waals surface area contributed by atoms with Gasteiger partial charge in [-0.2, -0.15) is 46.7 Å². The predicted molar refractivity (Wildman–Crippen MR) is 248 cm³/mol. The highest BCUT2D eigenvalue weighted by molar-refractivity contribution is 8.05. The number of para-hydroxylation sites is 4. The fraction of sp³-hybridized carbons (Fsp3) is 0.0455. The third-order valence-electron chi connectivity index (χ3n) is 9.45. The van der Waals surface area contributed by atoms with Crippen LogP contribution in [-0.2, 0) is 20.2 Å². The van der Waals surface area contributed by atoms with Crippen molar-refractivity contribution in [3.63, 3.8) is 0 Å². The third kappa shape index (κ3) is 10.3. The molecule has 0 saturated heterocycles. The molecule has 0 fully saturated rings. The van der Waals surface area contributed by atoms with E-state index < -0.39 is 36.3 Å². The molecule has 0 spiro atoms. The minimum atomic E-state index is -5.57. The maximum atomic E-state index is 13.2. The molecule has 64 heavy (non-hydrogen) atoms. The van der Waals surface area contributed by atoms with Crippen LogP contribution in [0.2, 0.25) is 0 Å². The fourth-order valence-corrected chi connectivity index (χ4v) is 9.05. The lowest BCUT2D eigenvalue weighted by Gasteiger charge is -2.32. The Labute approximate surface area is 367 Å². The molecule has 18 nitrogen and oxygen atoms in total. The van der Waals surface area contributed by atoms with Crippen molar-refractivity contribution in [1.82, 2.24) is 29.9 Å². The standard InChI is InChI=1S/C44H38N12O6S2/c57-63(58,59)44(64(60,61)62)29-37(50-43-55-40(47-34-17-9-3-10-18-34)52-41(56-43)48-35-19-11-4-12-20-35)28-25-31(44)24-21-30-22-26-36(27-23-30)49-42-53-38(45-32-13-5-1-6-14-32)51-39(54-42)46-33-15-7-2-8-16-33/h1-28H,29H2,(H,57,58,59)(H,60,61,62)(H3,45,46,49,51,53,54)(H3,47,48,50,52,55,56). The predicted octanol–water partition coefficient (Wildman–Crippen LogP) is 8.59. The summed E-state index contributed by atoms with van der Waals surface area (Å²) >= 11 is 0. The molecule has 7 aromatic rings. The molecule has 20 heteroatoms. The van der Waals surface area contributed by atoms with Gasteiger partial charge in [-0.15, -0.1) is 0 Å². The SMILES string of the molecule is O=S(=O)(O)C1(S(=O)(=O)O)CC(Nc2nc(Nc3ccccc3)nc(Nc3ccccc3)n2)=CC=C1C=Cc1ccc(Nc2nc(Nc3ccccc3)nc(Nc3ccccc3)n2)cc1. The molecule has 8 N–H and O–H groups in total. The second kappa shape index (κ2) is 18.5. The number of rotatable bonds is 16. The Morgan fingerprint density at radius 1 is 0.406 bits per heavy atom. The summed E-state index contributed by atoms with van der Waals surface area (Å²) < 4.78 is 70.6. The molecule has 1 aliphatic rings. The number of benzene rings is 5. The van der Waals surface area contributed by atoms with Gasteiger partial charge in [-0.25, -0.2) is 0 Å². The largest absolute Gasteiger partial charge is 0.328 e. The highest BCUT2D eigenvalue weighted by atomic mass is 32.3. The first-order chi connectivity index (χ1) is 30.9. The van der Waals surface area contributed by atoms with E-state index in [0.717, 1.165) is 17.5 Å². The van der Waals surface area contributed by atoms with Gasteiger partial charge in [-0.05, 0) is 77.9 Å². The number of nitrogens with zero attached hydrogens (tertiary/aromatic N) is 6. The summed E-state index contributed by atoms with van der Waals surface area (Å²) in [6, 6.07) is 43.6. The Morgan fingerprint density at radius 3 is 1.05 bits per heavy atom. The van der Waals surface area contributed by atoms with Crippen LogP contribution < -0.4 is 31.9 Å². The van der Waals surface area contributed by atoms with Crippen molar-refractivity contribution in [2.45, 2.75) is 10.5 Å². The van der Waals surface area contributed by atoms with Gasteiger partial charge in [0.1, 0.15) is 0 Å². The van der Waals surface area contributed by atoms with Crippen LogP contribution in [0.1, 0.15) is 12.0 Å². The Balaban J connectivity index is 1.05. The van der Waals surface area contributed by atoms with Gasteiger partial charge in [0, 0.05) is 40.6 Å². The highest BCUT2D eigenvalue weighted by Gasteiger charge is 2.58. The number of nitrogens with one attached hydrogen (secondary N) is 6. The van der Waals surface area contributed by atoms with Crippen molar-refractivity contribution in [3.05, 3.63) is 181 Å². The van der Waals surface area contributed by atoms with Crippen molar-refractivity contribution in [1.29, 1.82) is 0 Å². The quantitative estimate of drug-likeness (QED) is 0.0422. The molecular formula is C44H38N12O6S2. The van der Waals surface area contributed by atoms with E-state index in [9.17, 15) is 25.9 Å². The van der Waals surface area contributed by atoms with Gasteiger partial charge in [0.05, 0.1) is 0 Å². The average Bonchev–Trinajstić information content (AvgIpc) is 3.27. The zero-order valence-electron chi connectivity index (χ0n) is 33.4. The molecule has 0 radical (unpaired) electrons. The van der Waals surface area contributed by atoms with Crippen LogP contribution in [0.25, 0.3) is 6.08 Å². The van der Waals surface area contributed by atoms with Gasteiger partial charge in [0.15, 0.2) is 0 Å². The first kappa shape index (κ1) is 42.6. The Kier molecular flexibility index (Phi) is 12.3. The fourth-order valence-electron chi connectivity index (χ4n) is 6.44. The second-order valence-electron chi connectivity index (χ2n) is 14.0. The number of allylic oxidation sites excluding steroid dienone is 4. The first-order valence-electron chi connectivity index (χ1n) is 19.4. The number of anilines is 11. The summed E-state index contributed by atoms with van der Waals surface area (Å²) in [6.45, 7) is 0. The van der Waals surface area contributed by atoms with Crippen LogP contribution in [0.5, 0.6) is 0 Å². The summed E-state index contributed by atoms with van der Waals surface area (Å²) in [6.07, 6.45) is 4.26. The number of aromatic nitrogens is 6. The minimum absolute atomic E-state index is 0.0621. The van der Waals surface area contributed by atoms with E-state index in [4.69, 9.17) is 0 Å². The topological polar surface area (TPSA) is 258 Å². The smallest absolute Gasteiger partial charge is 0.292 e. The summed E-state index contributed by atoms with van der Waals surface area (Å²) in [5.74, 6) is 0.853. The Morgan fingerprint density at radius 2 is 0.719 bits per heavy atom. The molecule has 0 bridgehead atoms. The molecule has 0 atom stereocenters. The summed E-state index contributed by atoms with van der Waals surface area (Å²) in [7, 11) is -11.1. The summed E-state index contributed by atoms with van der Waals surface area (Å²) in [5.41, 5.74) is 3.44. The maximum Gasteiger partial charge on any atom is 0.292 e. The molecule has 2 heterocycles. The van der Waals surface area contributed by atoms with Gasteiger partial charge in [0.2, 0.25) is 35.7 Å². The van der Waals surface area contributed by atoms with Crippen molar-refractivity contribution in [3.8, 4) is 0 Å². The van der Waals surface area contributed by atoms with E-state index in [1.807, 2.05) is 97.1 Å². The van der Waals surface area contributed by atoms with Gasteiger partial charge >= 0.3 is 0 Å². The monoisotopic (exact) mass is 894 g/mol. The van der Waals surface area contributed by atoms with Crippen molar-refractivity contribution < 1.29 is 25.9 Å². The zero-order chi connectivity index (χ0) is 44.6. The molecule has 0 saturated carbocycles. The van der Waals surface area contributed by atoms with E-state index in [0.29, 0.717) is 22.6 Å². The highest BCUT2D eigenvalue weighted by Crippen LogP contribution is 2.42. The number of hydrogen-bond acceptors (Lipinski definition) is 16. The molecule has 8 rings (SSSR count). The average molecular weight is 895 g/mol. The molecule has 2 aromatic heterocycles. The number of hydrogen-bond donors (Lipinski definition) is 8. The molecule has 322 valence electrons. The van der Waals surface area contributed by atoms with Crippen LogP contribution in [0.4, 0.5) is 64.1 Å². The van der Waals surface area contributed by atoms with Crippen molar-refractivity contribution in [2.75, 3.05) is 31.9 Å². The van der Waals surface area contributed by atoms with Gasteiger partial charge in [0.25, 0.3) is 24.3 Å². The third-order valence-corrected chi connectivity index (χ3v) is 13.1. The Bertz CT molecular complexity index is 2920. The van der Waals surface area contributed by atoms with E-state index >= 15 is 0 Å². The van der Waals surface area contributed by atoms with Crippen LogP contribution in [0, 0.1) is 0 Å². The van der Waals surface area contributed by atoms with E-state index in [1.165, 1.54) is 18.2 Å². The maximum absolute atomic E-state index is 13.2. The lowest BCUT2D eigenvalue weighted by Crippen LogP contribution is -2.49. The van der Waals surface area contributed by atoms with Crippen LogP contribution in [-0.4, -0.2) is 59.9 Å².